The van der Waals surface area contributed by atoms with Gasteiger partial charge < -0.3 is 10.5 Å². The monoisotopic (exact) mass is 346 g/mol. The molecule has 7 heteroatoms. The van der Waals surface area contributed by atoms with Crippen LogP contribution in [-0.4, -0.2) is 4.98 Å². The van der Waals surface area contributed by atoms with Crippen molar-refractivity contribution < 1.29 is 17.9 Å². The zero-order valence-electron chi connectivity index (χ0n) is 10.3. The predicted molar refractivity (Wildman–Crippen MR) is 72.6 cm³/mol. The smallest absolute Gasteiger partial charge is 0.433 e. The molecule has 0 aliphatic carbocycles. The Hall–Kier alpha value is -1.76. The van der Waals surface area contributed by atoms with Gasteiger partial charge in [0.15, 0.2) is 5.75 Å². The summed E-state index contributed by atoms with van der Waals surface area (Å²) in [6, 6.07) is 5.95. The van der Waals surface area contributed by atoms with Crippen molar-refractivity contribution in [2.75, 3.05) is 5.73 Å². The molecular weight excluding hydrogens is 337 g/mol. The largest absolute Gasteiger partial charge is 0.455 e. The molecule has 3 nitrogen and oxygen atoms in total. The summed E-state index contributed by atoms with van der Waals surface area (Å²) in [5.74, 6) is 0.358. The standard InChI is InChI=1S/C13H10BrF3N2O/c1-7-4-8(14)2-3-10(7)20-11-5-12(13(15,16)17)19-6-9(11)18/h2-6H,18H2,1H3. The van der Waals surface area contributed by atoms with E-state index in [4.69, 9.17) is 10.5 Å². The van der Waals surface area contributed by atoms with E-state index in [1.54, 1.807) is 25.1 Å². The molecular formula is C13H10BrF3N2O. The van der Waals surface area contributed by atoms with Crippen LogP contribution in [-0.2, 0) is 6.18 Å². The quantitative estimate of drug-likeness (QED) is 0.867. The van der Waals surface area contributed by atoms with Crippen molar-refractivity contribution in [2.24, 2.45) is 0 Å². The van der Waals surface area contributed by atoms with Crippen molar-refractivity contribution in [3.8, 4) is 11.5 Å². The number of pyridine rings is 1. The molecule has 1 aromatic carbocycles. The molecule has 0 fully saturated rings. The molecule has 0 atom stereocenters. The third-order valence-corrected chi connectivity index (χ3v) is 3.04. The fourth-order valence-electron chi connectivity index (χ4n) is 1.54. The molecule has 0 unspecified atom stereocenters. The van der Waals surface area contributed by atoms with Crippen molar-refractivity contribution in [1.29, 1.82) is 0 Å². The maximum atomic E-state index is 12.6. The van der Waals surface area contributed by atoms with Crippen LogP contribution in [0.3, 0.4) is 0 Å². The number of ether oxygens (including phenoxy) is 1. The molecule has 0 aliphatic rings. The number of nitrogen functional groups attached to an aromatic ring is 1. The number of nitrogens with zero attached hydrogens (tertiary/aromatic N) is 1. The van der Waals surface area contributed by atoms with Crippen LogP contribution in [0.2, 0.25) is 0 Å². The van der Waals surface area contributed by atoms with Gasteiger partial charge in [0.1, 0.15) is 11.4 Å². The van der Waals surface area contributed by atoms with Crippen LogP contribution in [0.1, 0.15) is 11.3 Å². The number of hydrogen-bond acceptors (Lipinski definition) is 3. The summed E-state index contributed by atoms with van der Waals surface area (Å²) in [7, 11) is 0. The molecule has 0 bridgehead atoms. The Labute approximate surface area is 121 Å². The SMILES string of the molecule is Cc1cc(Br)ccc1Oc1cc(C(F)(F)F)ncc1N. The summed E-state index contributed by atoms with van der Waals surface area (Å²) in [6.45, 7) is 1.78. The van der Waals surface area contributed by atoms with Gasteiger partial charge in [0.05, 0.1) is 11.9 Å². The van der Waals surface area contributed by atoms with Gasteiger partial charge in [0.25, 0.3) is 0 Å². The summed E-state index contributed by atoms with van der Waals surface area (Å²) in [5.41, 5.74) is 5.36. The van der Waals surface area contributed by atoms with Crippen LogP contribution >= 0.6 is 15.9 Å². The molecule has 0 spiro atoms. The van der Waals surface area contributed by atoms with E-state index in [9.17, 15) is 13.2 Å². The fourth-order valence-corrected chi connectivity index (χ4v) is 2.01. The normalized spacial score (nSPS) is 11.4. The van der Waals surface area contributed by atoms with Gasteiger partial charge in [-0.15, -0.1) is 0 Å². The van der Waals surface area contributed by atoms with Crippen LogP contribution in [0.4, 0.5) is 18.9 Å². The highest BCUT2D eigenvalue weighted by Crippen LogP contribution is 2.35. The number of rotatable bonds is 2. The zero-order chi connectivity index (χ0) is 14.9. The first kappa shape index (κ1) is 14.6. The van der Waals surface area contributed by atoms with E-state index in [1.807, 2.05) is 0 Å². The van der Waals surface area contributed by atoms with Crippen LogP contribution in [0.5, 0.6) is 11.5 Å². The Bertz CT molecular complexity index is 644. The molecule has 0 radical (unpaired) electrons. The second-order valence-corrected chi connectivity index (χ2v) is 5.03. The van der Waals surface area contributed by atoms with Crippen molar-refractivity contribution in [3.63, 3.8) is 0 Å². The van der Waals surface area contributed by atoms with E-state index in [-0.39, 0.29) is 11.4 Å². The lowest BCUT2D eigenvalue weighted by molar-refractivity contribution is -0.141. The van der Waals surface area contributed by atoms with Gasteiger partial charge in [-0.05, 0) is 30.7 Å². The molecule has 0 saturated heterocycles. The van der Waals surface area contributed by atoms with Crippen molar-refractivity contribution in [3.05, 3.63) is 46.2 Å². The Morgan fingerprint density at radius 3 is 2.50 bits per heavy atom. The summed E-state index contributed by atoms with van der Waals surface area (Å²) in [4.78, 5) is 3.25. The summed E-state index contributed by atoms with van der Waals surface area (Å²) in [6.07, 6.45) is -3.60. The van der Waals surface area contributed by atoms with Crippen LogP contribution in [0, 0.1) is 6.92 Å². The van der Waals surface area contributed by atoms with E-state index in [0.717, 1.165) is 22.3 Å². The second kappa shape index (κ2) is 5.32. The molecule has 1 heterocycles. The topological polar surface area (TPSA) is 48.1 Å². The van der Waals surface area contributed by atoms with Gasteiger partial charge in [0.2, 0.25) is 0 Å². The lowest BCUT2D eigenvalue weighted by Gasteiger charge is -2.13. The van der Waals surface area contributed by atoms with Gasteiger partial charge in [-0.3, -0.25) is 0 Å². The number of hydrogen-bond donors (Lipinski definition) is 1. The number of aryl methyl sites for hydroxylation is 1. The molecule has 20 heavy (non-hydrogen) atoms. The molecule has 1 aromatic heterocycles. The zero-order valence-corrected chi connectivity index (χ0v) is 11.9. The second-order valence-electron chi connectivity index (χ2n) is 4.12. The van der Waals surface area contributed by atoms with E-state index in [1.165, 1.54) is 0 Å². The first-order chi connectivity index (χ1) is 9.27. The van der Waals surface area contributed by atoms with Gasteiger partial charge in [-0.2, -0.15) is 13.2 Å². The summed E-state index contributed by atoms with van der Waals surface area (Å²) in [5, 5.41) is 0. The first-order valence-corrected chi connectivity index (χ1v) is 6.33. The number of aromatic nitrogens is 1. The Morgan fingerprint density at radius 1 is 1.20 bits per heavy atom. The van der Waals surface area contributed by atoms with E-state index in [2.05, 4.69) is 20.9 Å². The summed E-state index contributed by atoms with van der Waals surface area (Å²) >= 11 is 3.29. The van der Waals surface area contributed by atoms with E-state index < -0.39 is 11.9 Å². The third kappa shape index (κ3) is 3.22. The number of nitrogens with two attached hydrogens (primary N) is 1. The minimum Gasteiger partial charge on any atom is -0.455 e. The maximum absolute atomic E-state index is 12.6. The minimum absolute atomic E-state index is 0.0420. The Kier molecular flexibility index (Phi) is 3.89. The van der Waals surface area contributed by atoms with Gasteiger partial charge >= 0.3 is 6.18 Å². The lowest BCUT2D eigenvalue weighted by atomic mass is 10.2. The molecule has 106 valence electrons. The molecule has 2 aromatic rings. The molecule has 2 rings (SSSR count). The first-order valence-electron chi connectivity index (χ1n) is 5.54. The summed E-state index contributed by atoms with van der Waals surface area (Å²) < 4.78 is 44.1. The minimum atomic E-state index is -4.54. The third-order valence-electron chi connectivity index (χ3n) is 2.54. The Balaban J connectivity index is 2.38. The molecule has 2 N–H and O–H groups in total. The number of alkyl halides is 3. The number of benzene rings is 1. The van der Waals surface area contributed by atoms with Crippen molar-refractivity contribution >= 4 is 21.6 Å². The highest BCUT2D eigenvalue weighted by atomic mass is 79.9. The lowest BCUT2D eigenvalue weighted by Crippen LogP contribution is -2.08. The average Bonchev–Trinajstić information content (AvgIpc) is 2.33. The number of halogens is 4. The fraction of sp³-hybridized carbons (Fsp3) is 0.154. The van der Waals surface area contributed by atoms with Crippen LogP contribution < -0.4 is 10.5 Å². The highest BCUT2D eigenvalue weighted by molar-refractivity contribution is 9.10. The van der Waals surface area contributed by atoms with Crippen LogP contribution in [0.25, 0.3) is 0 Å². The van der Waals surface area contributed by atoms with Crippen LogP contribution in [0.15, 0.2) is 34.9 Å². The molecule has 0 aliphatic heterocycles. The Morgan fingerprint density at radius 2 is 1.90 bits per heavy atom. The van der Waals surface area contributed by atoms with E-state index in [0.29, 0.717) is 5.75 Å². The predicted octanol–water partition coefficient (Wildman–Crippen LogP) is 4.55. The van der Waals surface area contributed by atoms with Gasteiger partial charge in [-0.1, -0.05) is 15.9 Å². The van der Waals surface area contributed by atoms with Crippen molar-refractivity contribution in [2.45, 2.75) is 13.1 Å². The molecule has 0 amide bonds. The highest BCUT2D eigenvalue weighted by Gasteiger charge is 2.33. The van der Waals surface area contributed by atoms with Gasteiger partial charge in [0, 0.05) is 10.5 Å². The maximum Gasteiger partial charge on any atom is 0.433 e. The average molecular weight is 347 g/mol. The van der Waals surface area contributed by atoms with Crippen molar-refractivity contribution in [1.82, 2.24) is 4.98 Å². The van der Waals surface area contributed by atoms with Gasteiger partial charge in [-0.25, -0.2) is 4.98 Å². The molecule has 0 saturated carbocycles. The van der Waals surface area contributed by atoms with E-state index >= 15 is 0 Å². The number of anilines is 1.